The summed E-state index contributed by atoms with van der Waals surface area (Å²) in [5, 5.41) is 5.13. The molecule has 1 N–H and O–H groups in total. The van der Waals surface area contributed by atoms with Crippen molar-refractivity contribution in [3.05, 3.63) is 64.7 Å². The van der Waals surface area contributed by atoms with Gasteiger partial charge in [-0.2, -0.15) is 20.1 Å². The summed E-state index contributed by atoms with van der Waals surface area (Å²) in [6.45, 7) is 5.18. The first-order valence-electron chi connectivity index (χ1n) is 12.3. The number of nitrogens with zero attached hydrogens (tertiary/aromatic N) is 6. The fourth-order valence-electron chi connectivity index (χ4n) is 4.16. The number of aromatic nitrogens is 3. The van der Waals surface area contributed by atoms with Crippen LogP contribution in [0.2, 0.25) is 5.02 Å². The predicted octanol–water partition coefficient (Wildman–Crippen LogP) is 4.38. The third-order valence-corrected chi connectivity index (χ3v) is 6.39. The van der Waals surface area contributed by atoms with E-state index < -0.39 is 0 Å². The molecule has 0 saturated carbocycles. The summed E-state index contributed by atoms with van der Waals surface area (Å²) in [6, 6.07) is 15.4. The maximum absolute atomic E-state index is 6.03. The zero-order valence-corrected chi connectivity index (χ0v) is 20.9. The van der Waals surface area contributed by atoms with Crippen LogP contribution in [0.3, 0.4) is 0 Å². The van der Waals surface area contributed by atoms with Crippen molar-refractivity contribution >= 4 is 35.7 Å². The Morgan fingerprint density at radius 1 is 0.889 bits per heavy atom. The average molecular weight is 508 g/mol. The van der Waals surface area contributed by atoms with E-state index in [1.54, 1.807) is 6.21 Å². The minimum Gasteiger partial charge on any atom is -0.488 e. The van der Waals surface area contributed by atoms with Gasteiger partial charge < -0.3 is 19.3 Å². The molecule has 10 heteroatoms. The topological polar surface area (TPSA) is 88.0 Å². The summed E-state index contributed by atoms with van der Waals surface area (Å²) in [5.74, 6) is 2.49. The Kier molecular flexibility index (Phi) is 8.10. The van der Waals surface area contributed by atoms with Gasteiger partial charge in [0.25, 0.3) is 0 Å². The molecule has 0 aliphatic carbocycles. The number of rotatable bonds is 8. The SMILES string of the molecule is Clc1ccc(COc2ccccc2/C=N\Nc2nc(N3CCCCC3)nc(N3CCOCC3)n2)cc1. The highest BCUT2D eigenvalue weighted by atomic mass is 35.5. The molecule has 2 aliphatic heterocycles. The van der Waals surface area contributed by atoms with Gasteiger partial charge in [0.05, 0.1) is 19.4 Å². The summed E-state index contributed by atoms with van der Waals surface area (Å²) in [6.07, 6.45) is 5.25. The zero-order valence-electron chi connectivity index (χ0n) is 20.1. The minimum atomic E-state index is 0.419. The number of hydrogen-bond donors (Lipinski definition) is 1. The number of ether oxygens (including phenoxy) is 2. The van der Waals surface area contributed by atoms with Crippen LogP contribution in [0.25, 0.3) is 0 Å². The molecule has 0 bridgehead atoms. The van der Waals surface area contributed by atoms with Crippen molar-refractivity contribution in [1.82, 2.24) is 15.0 Å². The highest BCUT2D eigenvalue weighted by Crippen LogP contribution is 2.22. The molecule has 0 atom stereocenters. The molecule has 2 saturated heterocycles. The largest absolute Gasteiger partial charge is 0.488 e. The third-order valence-electron chi connectivity index (χ3n) is 6.14. The second-order valence-corrected chi connectivity index (χ2v) is 9.17. The van der Waals surface area contributed by atoms with Crippen molar-refractivity contribution in [3.8, 4) is 5.75 Å². The molecule has 0 radical (unpaired) electrons. The lowest BCUT2D eigenvalue weighted by Gasteiger charge is -2.30. The molecule has 3 heterocycles. The summed E-state index contributed by atoms with van der Waals surface area (Å²) in [5.41, 5.74) is 4.89. The van der Waals surface area contributed by atoms with Crippen LogP contribution < -0.4 is 20.0 Å². The fraction of sp³-hybridized carbons (Fsp3) is 0.385. The minimum absolute atomic E-state index is 0.419. The van der Waals surface area contributed by atoms with Gasteiger partial charge in [0.15, 0.2) is 0 Å². The van der Waals surface area contributed by atoms with E-state index in [9.17, 15) is 0 Å². The van der Waals surface area contributed by atoms with Gasteiger partial charge in [-0.3, -0.25) is 0 Å². The molecule has 0 spiro atoms. The van der Waals surface area contributed by atoms with Crippen molar-refractivity contribution in [3.63, 3.8) is 0 Å². The first kappa shape index (κ1) is 24.3. The standard InChI is InChI=1S/C26H30ClN7O2/c27-22-10-8-20(9-11-22)19-36-23-7-3-2-6-21(23)18-28-32-24-29-25(33-12-4-1-5-13-33)31-26(30-24)34-14-16-35-17-15-34/h2-3,6-11,18H,1,4-5,12-17,19H2,(H,29,30,31,32)/b28-18-. The Bertz CT molecular complexity index is 1130. The lowest BCUT2D eigenvalue weighted by atomic mass is 10.1. The van der Waals surface area contributed by atoms with Crippen molar-refractivity contribution in [2.45, 2.75) is 25.9 Å². The summed E-state index contributed by atoms with van der Waals surface area (Å²) >= 11 is 5.98. The number of para-hydroxylation sites is 1. The average Bonchev–Trinajstić information content (AvgIpc) is 2.94. The van der Waals surface area contributed by atoms with Gasteiger partial charge in [-0.25, -0.2) is 5.43 Å². The van der Waals surface area contributed by atoms with Crippen molar-refractivity contribution in [1.29, 1.82) is 0 Å². The molecule has 188 valence electrons. The van der Waals surface area contributed by atoms with Crippen LogP contribution in [0.1, 0.15) is 30.4 Å². The van der Waals surface area contributed by atoms with E-state index in [1.807, 2.05) is 48.5 Å². The normalized spacial score (nSPS) is 16.4. The van der Waals surface area contributed by atoms with Gasteiger partial charge >= 0.3 is 0 Å². The smallest absolute Gasteiger partial charge is 0.250 e. The summed E-state index contributed by atoms with van der Waals surface area (Å²) < 4.78 is 11.5. The quantitative estimate of drug-likeness (QED) is 0.355. The van der Waals surface area contributed by atoms with Crippen LogP contribution in [0.5, 0.6) is 5.75 Å². The molecule has 2 fully saturated rings. The predicted molar refractivity (Wildman–Crippen MR) is 142 cm³/mol. The molecule has 9 nitrogen and oxygen atoms in total. The van der Waals surface area contributed by atoms with Gasteiger partial charge in [0.2, 0.25) is 17.8 Å². The number of anilines is 3. The van der Waals surface area contributed by atoms with Crippen LogP contribution >= 0.6 is 11.6 Å². The van der Waals surface area contributed by atoms with Gasteiger partial charge in [-0.05, 0) is 49.1 Å². The highest BCUT2D eigenvalue weighted by molar-refractivity contribution is 6.30. The number of hydrazone groups is 1. The first-order chi connectivity index (χ1) is 17.7. The summed E-state index contributed by atoms with van der Waals surface area (Å²) in [7, 11) is 0. The molecule has 0 unspecified atom stereocenters. The van der Waals surface area contributed by atoms with E-state index in [0.717, 1.165) is 55.9 Å². The molecule has 3 aromatic rings. The van der Waals surface area contributed by atoms with Crippen LogP contribution in [0.4, 0.5) is 17.8 Å². The fourth-order valence-corrected chi connectivity index (χ4v) is 4.29. The van der Waals surface area contributed by atoms with Crippen molar-refractivity contribution < 1.29 is 9.47 Å². The molecule has 1 aromatic heterocycles. The van der Waals surface area contributed by atoms with Gasteiger partial charge in [0, 0.05) is 36.8 Å². The molecular weight excluding hydrogens is 478 g/mol. The van der Waals surface area contributed by atoms with E-state index >= 15 is 0 Å². The van der Waals surface area contributed by atoms with Crippen LogP contribution in [-0.2, 0) is 11.3 Å². The van der Waals surface area contributed by atoms with E-state index in [1.165, 1.54) is 6.42 Å². The molecule has 2 aliphatic rings. The number of piperidine rings is 1. The Morgan fingerprint density at radius 3 is 2.33 bits per heavy atom. The Balaban J connectivity index is 1.31. The van der Waals surface area contributed by atoms with E-state index in [2.05, 4.69) is 30.3 Å². The molecular formula is C26H30ClN7O2. The van der Waals surface area contributed by atoms with Gasteiger partial charge in [-0.1, -0.05) is 35.9 Å². The second kappa shape index (κ2) is 12.0. The monoisotopic (exact) mass is 507 g/mol. The number of benzene rings is 2. The van der Waals surface area contributed by atoms with Crippen LogP contribution in [0.15, 0.2) is 53.6 Å². The molecule has 36 heavy (non-hydrogen) atoms. The van der Waals surface area contributed by atoms with Crippen LogP contribution in [-0.4, -0.2) is 60.6 Å². The van der Waals surface area contributed by atoms with E-state index in [4.69, 9.17) is 26.1 Å². The first-order valence-corrected chi connectivity index (χ1v) is 12.7. The lowest BCUT2D eigenvalue weighted by molar-refractivity contribution is 0.122. The Labute approximate surface area is 216 Å². The Morgan fingerprint density at radius 2 is 1.58 bits per heavy atom. The lowest BCUT2D eigenvalue weighted by Crippen LogP contribution is -2.38. The Hall–Kier alpha value is -3.43. The third kappa shape index (κ3) is 6.41. The van der Waals surface area contributed by atoms with Crippen molar-refractivity contribution in [2.75, 3.05) is 54.6 Å². The maximum atomic E-state index is 6.03. The highest BCUT2D eigenvalue weighted by Gasteiger charge is 2.20. The molecule has 5 rings (SSSR count). The van der Waals surface area contributed by atoms with E-state index in [-0.39, 0.29) is 0 Å². The molecule has 2 aromatic carbocycles. The van der Waals surface area contributed by atoms with Crippen molar-refractivity contribution in [2.24, 2.45) is 5.10 Å². The molecule has 0 amide bonds. The number of nitrogens with one attached hydrogen (secondary N) is 1. The number of morpholine rings is 1. The summed E-state index contributed by atoms with van der Waals surface area (Å²) in [4.78, 5) is 18.4. The zero-order chi connectivity index (χ0) is 24.6. The second-order valence-electron chi connectivity index (χ2n) is 8.73. The van der Waals surface area contributed by atoms with Crippen LogP contribution in [0, 0.1) is 0 Å². The van der Waals surface area contributed by atoms with Gasteiger partial charge in [0.1, 0.15) is 12.4 Å². The number of halogens is 1. The number of hydrogen-bond acceptors (Lipinski definition) is 9. The maximum Gasteiger partial charge on any atom is 0.250 e. The van der Waals surface area contributed by atoms with E-state index in [0.29, 0.717) is 42.7 Å². The van der Waals surface area contributed by atoms with Gasteiger partial charge in [-0.15, -0.1) is 0 Å².